The zero-order valence-electron chi connectivity index (χ0n) is 18.3. The largest absolute Gasteiger partial charge is 0.396 e. The van der Waals surface area contributed by atoms with Crippen molar-refractivity contribution in [3.05, 3.63) is 96.7 Å². The molecule has 0 radical (unpaired) electrons. The Kier molecular flexibility index (Phi) is 6.06. The van der Waals surface area contributed by atoms with Crippen LogP contribution in [-0.2, 0) is 0 Å². The van der Waals surface area contributed by atoms with Gasteiger partial charge in [-0.1, -0.05) is 78.5 Å². The van der Waals surface area contributed by atoms with Crippen molar-refractivity contribution < 1.29 is 5.11 Å². The zero-order valence-corrected chi connectivity index (χ0v) is 19.1. The maximum Gasteiger partial charge on any atom is 0.0985 e. The molecule has 0 aromatic heterocycles. The number of likely N-dealkylation sites (N-methyl/N-ethyl adjacent to an activating group) is 1. The first-order chi connectivity index (χ1) is 15.8. The first-order valence-corrected chi connectivity index (χ1v) is 12.2. The molecule has 5 rings (SSSR count). The predicted molar refractivity (Wildman–Crippen MR) is 138 cm³/mol. The molecule has 32 heavy (non-hydrogen) atoms. The van der Waals surface area contributed by atoms with E-state index >= 15 is 0 Å². The van der Waals surface area contributed by atoms with Crippen LogP contribution in [0.5, 0.6) is 0 Å². The molecule has 3 nitrogen and oxygen atoms in total. The minimum atomic E-state index is 0.211. The molecule has 0 saturated heterocycles. The van der Waals surface area contributed by atoms with Gasteiger partial charge in [-0.25, -0.2) is 0 Å². The fraction of sp³-hybridized carbons (Fsp3) is 0.214. The molecule has 2 heterocycles. The number of benzene rings is 3. The van der Waals surface area contributed by atoms with Crippen LogP contribution in [0.25, 0.3) is 16.3 Å². The van der Waals surface area contributed by atoms with E-state index < -0.39 is 0 Å². The molecule has 0 saturated carbocycles. The second-order valence-electron chi connectivity index (χ2n) is 8.04. The fourth-order valence-electron chi connectivity index (χ4n) is 4.57. The van der Waals surface area contributed by atoms with Gasteiger partial charge in [0.2, 0.25) is 0 Å². The van der Waals surface area contributed by atoms with Gasteiger partial charge in [-0.15, -0.1) is 0 Å². The monoisotopic (exact) mass is 440 g/mol. The molecule has 1 unspecified atom stereocenters. The van der Waals surface area contributed by atoms with Crippen LogP contribution < -0.4 is 9.80 Å². The summed E-state index contributed by atoms with van der Waals surface area (Å²) in [6.45, 7) is 4.24. The first kappa shape index (κ1) is 20.9. The second kappa shape index (κ2) is 9.27. The minimum absolute atomic E-state index is 0.211. The summed E-state index contributed by atoms with van der Waals surface area (Å²) in [4.78, 5) is 6.08. The van der Waals surface area contributed by atoms with Crippen LogP contribution in [-0.4, -0.2) is 30.2 Å². The Labute approximate surface area is 194 Å². The van der Waals surface area contributed by atoms with Gasteiger partial charge in [0, 0.05) is 47.4 Å². The van der Waals surface area contributed by atoms with Crippen LogP contribution >= 0.6 is 11.8 Å². The van der Waals surface area contributed by atoms with Gasteiger partial charge < -0.3 is 14.9 Å². The van der Waals surface area contributed by atoms with Crippen LogP contribution in [0.3, 0.4) is 0 Å². The van der Waals surface area contributed by atoms with Crippen LogP contribution in [0.15, 0.2) is 96.1 Å². The minimum Gasteiger partial charge on any atom is -0.396 e. The molecule has 162 valence electrons. The van der Waals surface area contributed by atoms with E-state index in [0.717, 1.165) is 19.5 Å². The lowest BCUT2D eigenvalue weighted by Crippen LogP contribution is -2.27. The van der Waals surface area contributed by atoms with Gasteiger partial charge in [-0.2, -0.15) is 0 Å². The second-order valence-corrected chi connectivity index (χ2v) is 9.20. The van der Waals surface area contributed by atoms with Crippen molar-refractivity contribution in [1.82, 2.24) is 0 Å². The highest BCUT2D eigenvalue weighted by Crippen LogP contribution is 2.47. The number of allylic oxidation sites excluding steroid dienone is 4. The molecule has 0 fully saturated rings. The van der Waals surface area contributed by atoms with E-state index in [-0.39, 0.29) is 6.61 Å². The molecule has 3 aromatic rings. The molecule has 0 aliphatic carbocycles. The number of para-hydroxylation sites is 1. The van der Waals surface area contributed by atoms with Gasteiger partial charge >= 0.3 is 0 Å². The van der Waals surface area contributed by atoms with Crippen molar-refractivity contribution in [3.8, 4) is 0 Å². The fourth-order valence-corrected chi connectivity index (χ4v) is 5.87. The number of anilines is 2. The lowest BCUT2D eigenvalue weighted by Gasteiger charge is -2.27. The van der Waals surface area contributed by atoms with E-state index in [1.807, 2.05) is 11.8 Å². The summed E-state index contributed by atoms with van der Waals surface area (Å²) in [5.41, 5.74) is 5.01. The standard InChI is InChI=1S/C28H28N2OS/c1-2-30-27(32-26-16-15-21-9-3-4-12-24(21)28(26)30)14-7-10-22-17-19-29(18-8-20-31)25-13-6-5-11-23(22)25/h3-7,9-17,19,27,31H,2,8,18,20H2,1H3/b14-7+,22-10+. The molecule has 2 aliphatic rings. The normalized spacial score (nSPS) is 18.7. The summed E-state index contributed by atoms with van der Waals surface area (Å²) in [6, 6.07) is 21.7. The average molecular weight is 441 g/mol. The van der Waals surface area contributed by atoms with Crippen molar-refractivity contribution in [3.63, 3.8) is 0 Å². The number of rotatable bonds is 6. The van der Waals surface area contributed by atoms with Crippen LogP contribution in [0.2, 0.25) is 0 Å². The average Bonchev–Trinajstić information content (AvgIpc) is 3.21. The van der Waals surface area contributed by atoms with Gasteiger partial charge in [-0.3, -0.25) is 0 Å². The molecule has 0 bridgehead atoms. The van der Waals surface area contributed by atoms with Crippen molar-refractivity contribution >= 4 is 39.5 Å². The van der Waals surface area contributed by atoms with E-state index in [2.05, 4.69) is 108 Å². The molecule has 1 N–H and O–H groups in total. The van der Waals surface area contributed by atoms with E-state index in [4.69, 9.17) is 0 Å². The third kappa shape index (κ3) is 3.85. The Morgan fingerprint density at radius 1 is 1.03 bits per heavy atom. The molecule has 3 aromatic carbocycles. The Hall–Kier alpha value is -2.95. The van der Waals surface area contributed by atoms with Gasteiger partial charge in [-0.05, 0) is 42.5 Å². The number of hydrogen-bond acceptors (Lipinski definition) is 4. The highest BCUT2D eigenvalue weighted by atomic mass is 32.2. The molecule has 0 amide bonds. The third-order valence-corrected chi connectivity index (χ3v) is 7.35. The summed E-state index contributed by atoms with van der Waals surface area (Å²) >= 11 is 1.93. The Morgan fingerprint density at radius 2 is 1.88 bits per heavy atom. The summed E-state index contributed by atoms with van der Waals surface area (Å²) in [7, 11) is 0. The number of hydrogen-bond donors (Lipinski definition) is 1. The summed E-state index contributed by atoms with van der Waals surface area (Å²) < 4.78 is 0. The number of thioether (sulfide) groups is 1. The van der Waals surface area contributed by atoms with Crippen molar-refractivity contribution in [2.45, 2.75) is 23.6 Å². The molecular formula is C28H28N2OS. The van der Waals surface area contributed by atoms with E-state index in [0.29, 0.717) is 5.37 Å². The first-order valence-electron chi connectivity index (χ1n) is 11.3. The van der Waals surface area contributed by atoms with Crippen LogP contribution in [0.1, 0.15) is 18.9 Å². The highest BCUT2D eigenvalue weighted by Gasteiger charge is 2.28. The van der Waals surface area contributed by atoms with Crippen LogP contribution in [0, 0.1) is 0 Å². The molecule has 2 aliphatic heterocycles. The summed E-state index contributed by atoms with van der Waals surface area (Å²) in [5, 5.41) is 12.1. The maximum atomic E-state index is 9.20. The van der Waals surface area contributed by atoms with Crippen molar-refractivity contribution in [1.29, 1.82) is 0 Å². The van der Waals surface area contributed by atoms with Crippen LogP contribution in [0.4, 0.5) is 11.4 Å². The summed E-state index contributed by atoms with van der Waals surface area (Å²) in [6.07, 6.45) is 11.8. The van der Waals surface area contributed by atoms with Gasteiger partial charge in [0.1, 0.15) is 0 Å². The van der Waals surface area contributed by atoms with Gasteiger partial charge in [0.05, 0.1) is 11.1 Å². The Bertz CT molecular complexity index is 1210. The van der Waals surface area contributed by atoms with E-state index in [1.165, 1.54) is 38.2 Å². The number of aliphatic hydroxyl groups is 1. The lowest BCUT2D eigenvalue weighted by atomic mass is 9.99. The van der Waals surface area contributed by atoms with E-state index in [1.54, 1.807) is 0 Å². The predicted octanol–water partition coefficient (Wildman–Crippen LogP) is 6.45. The van der Waals surface area contributed by atoms with E-state index in [9.17, 15) is 5.11 Å². The topological polar surface area (TPSA) is 26.7 Å². The lowest BCUT2D eigenvalue weighted by molar-refractivity contribution is 0.290. The van der Waals surface area contributed by atoms with Crippen molar-refractivity contribution in [2.24, 2.45) is 0 Å². The molecule has 0 spiro atoms. The highest BCUT2D eigenvalue weighted by molar-refractivity contribution is 8.00. The quantitative estimate of drug-likeness (QED) is 0.476. The zero-order chi connectivity index (χ0) is 21.9. The number of aliphatic hydroxyl groups excluding tert-OH is 1. The molecule has 4 heteroatoms. The maximum absolute atomic E-state index is 9.20. The summed E-state index contributed by atoms with van der Waals surface area (Å²) in [5.74, 6) is 0. The van der Waals surface area contributed by atoms with Gasteiger partial charge in [0.25, 0.3) is 0 Å². The SMILES string of the molecule is CCN1c2c(ccc3ccccc23)SC1/C=C/C=C1\C=CN(CCCO)c2ccccc21. The Balaban J connectivity index is 1.40. The molecular weight excluding hydrogens is 412 g/mol. The van der Waals surface area contributed by atoms with Gasteiger partial charge in [0.15, 0.2) is 0 Å². The smallest absolute Gasteiger partial charge is 0.0985 e. The third-order valence-electron chi connectivity index (χ3n) is 6.11. The Morgan fingerprint density at radius 3 is 2.75 bits per heavy atom. The molecule has 1 atom stereocenters. The number of nitrogens with zero attached hydrogens (tertiary/aromatic N) is 2. The number of fused-ring (bicyclic) bond motifs is 4. The van der Waals surface area contributed by atoms with Crippen molar-refractivity contribution in [2.75, 3.05) is 29.5 Å².